The highest BCUT2D eigenvalue weighted by molar-refractivity contribution is 5.36. The fraction of sp³-hybridized carbons (Fsp3) is 0.538. The average Bonchev–Trinajstić information content (AvgIpc) is 2.31. The van der Waals surface area contributed by atoms with Crippen LogP contribution in [0.2, 0.25) is 0 Å². The predicted molar refractivity (Wildman–Crippen MR) is 61.0 cm³/mol. The van der Waals surface area contributed by atoms with Crippen LogP contribution in [0.1, 0.15) is 37.8 Å². The highest BCUT2D eigenvalue weighted by Crippen LogP contribution is 2.24. The van der Waals surface area contributed by atoms with Crippen LogP contribution in [0.4, 0.5) is 0 Å². The Morgan fingerprint density at radius 1 is 1.00 bits per heavy atom. The summed E-state index contributed by atoms with van der Waals surface area (Å²) in [7, 11) is 1.73. The van der Waals surface area contributed by atoms with Crippen LogP contribution in [0.5, 0.6) is 5.75 Å². The van der Waals surface area contributed by atoms with E-state index in [2.05, 4.69) is 18.2 Å². The van der Waals surface area contributed by atoms with E-state index >= 15 is 0 Å². The number of ether oxygens (including phenoxy) is 1. The first-order valence-electron chi connectivity index (χ1n) is 5.56. The molecule has 1 aromatic rings. The zero-order valence-electron chi connectivity index (χ0n) is 9.47. The van der Waals surface area contributed by atoms with Crippen LogP contribution in [0.3, 0.4) is 0 Å². The van der Waals surface area contributed by atoms with Crippen molar-refractivity contribution < 1.29 is 4.74 Å². The Morgan fingerprint density at radius 2 is 1.64 bits per heavy atom. The number of hydrogen-bond donors (Lipinski definition) is 0. The molecular formula is C13H20O. The van der Waals surface area contributed by atoms with E-state index in [0.29, 0.717) is 0 Å². The van der Waals surface area contributed by atoms with E-state index in [-0.39, 0.29) is 0 Å². The maximum absolute atomic E-state index is 5.18. The molecule has 0 unspecified atom stereocenters. The molecule has 0 radical (unpaired) electrons. The molecule has 1 aromatic carbocycles. The van der Waals surface area contributed by atoms with Crippen LogP contribution in [0, 0.1) is 0 Å². The van der Waals surface area contributed by atoms with Gasteiger partial charge in [-0.2, -0.15) is 0 Å². The molecule has 1 aliphatic rings. The lowest BCUT2D eigenvalue weighted by atomic mass is 9.92. The SMILES string of the molecule is CC.COc1ccc2c(c1)CCCC2. The normalized spacial score (nSPS) is 13.6. The lowest BCUT2D eigenvalue weighted by Gasteiger charge is -2.15. The third-order valence-corrected chi connectivity index (χ3v) is 2.56. The van der Waals surface area contributed by atoms with Crippen molar-refractivity contribution in [2.75, 3.05) is 7.11 Å². The van der Waals surface area contributed by atoms with Gasteiger partial charge in [-0.15, -0.1) is 0 Å². The van der Waals surface area contributed by atoms with Crippen LogP contribution in [-0.4, -0.2) is 7.11 Å². The van der Waals surface area contributed by atoms with Crippen LogP contribution in [0.25, 0.3) is 0 Å². The molecule has 0 saturated carbocycles. The molecule has 1 nitrogen and oxygen atoms in total. The lowest BCUT2D eigenvalue weighted by molar-refractivity contribution is 0.413. The van der Waals surface area contributed by atoms with Crippen molar-refractivity contribution in [1.29, 1.82) is 0 Å². The molecule has 0 N–H and O–H groups in total. The summed E-state index contributed by atoms with van der Waals surface area (Å²) < 4.78 is 5.18. The van der Waals surface area contributed by atoms with E-state index in [0.717, 1.165) is 5.75 Å². The van der Waals surface area contributed by atoms with Gasteiger partial charge in [0.1, 0.15) is 5.75 Å². The van der Waals surface area contributed by atoms with Gasteiger partial charge in [-0.3, -0.25) is 0 Å². The lowest BCUT2D eigenvalue weighted by Crippen LogP contribution is -2.02. The molecule has 0 fully saturated rings. The van der Waals surface area contributed by atoms with Gasteiger partial charge in [-0.1, -0.05) is 19.9 Å². The molecule has 0 atom stereocenters. The highest BCUT2D eigenvalue weighted by atomic mass is 16.5. The molecule has 0 aromatic heterocycles. The third-order valence-electron chi connectivity index (χ3n) is 2.56. The van der Waals surface area contributed by atoms with Crippen molar-refractivity contribution in [3.63, 3.8) is 0 Å². The van der Waals surface area contributed by atoms with E-state index in [9.17, 15) is 0 Å². The van der Waals surface area contributed by atoms with Gasteiger partial charge in [0.2, 0.25) is 0 Å². The van der Waals surface area contributed by atoms with Crippen molar-refractivity contribution in [3.8, 4) is 5.75 Å². The second-order valence-corrected chi connectivity index (χ2v) is 3.34. The molecule has 0 amide bonds. The van der Waals surface area contributed by atoms with Crippen LogP contribution in [-0.2, 0) is 12.8 Å². The summed E-state index contributed by atoms with van der Waals surface area (Å²) in [4.78, 5) is 0. The van der Waals surface area contributed by atoms with Crippen molar-refractivity contribution in [2.24, 2.45) is 0 Å². The summed E-state index contributed by atoms with van der Waals surface area (Å²) in [6, 6.07) is 6.44. The van der Waals surface area contributed by atoms with E-state index in [1.54, 1.807) is 7.11 Å². The Morgan fingerprint density at radius 3 is 2.29 bits per heavy atom. The van der Waals surface area contributed by atoms with Crippen LogP contribution in [0.15, 0.2) is 18.2 Å². The van der Waals surface area contributed by atoms with Crippen LogP contribution < -0.4 is 4.74 Å². The molecule has 0 saturated heterocycles. The second kappa shape index (κ2) is 5.69. The topological polar surface area (TPSA) is 9.23 Å². The molecule has 2 rings (SSSR count). The van der Waals surface area contributed by atoms with E-state index in [1.165, 1.54) is 36.8 Å². The Kier molecular flexibility index (Phi) is 4.51. The molecule has 0 heterocycles. The Labute approximate surface area is 87.1 Å². The number of fused-ring (bicyclic) bond motifs is 1. The summed E-state index contributed by atoms with van der Waals surface area (Å²) in [5.74, 6) is 0.996. The second-order valence-electron chi connectivity index (χ2n) is 3.34. The Balaban J connectivity index is 0.000000461. The third kappa shape index (κ3) is 2.50. The fourth-order valence-electron chi connectivity index (χ4n) is 1.84. The largest absolute Gasteiger partial charge is 0.497 e. The Hall–Kier alpha value is -0.980. The number of benzene rings is 1. The highest BCUT2D eigenvalue weighted by Gasteiger charge is 2.08. The van der Waals surface area contributed by atoms with Gasteiger partial charge in [-0.25, -0.2) is 0 Å². The maximum Gasteiger partial charge on any atom is 0.119 e. The first-order valence-corrected chi connectivity index (χ1v) is 5.56. The van der Waals surface area contributed by atoms with Gasteiger partial charge >= 0.3 is 0 Å². The quantitative estimate of drug-likeness (QED) is 0.660. The summed E-state index contributed by atoms with van der Waals surface area (Å²) in [6.07, 6.45) is 5.16. The smallest absolute Gasteiger partial charge is 0.119 e. The van der Waals surface area contributed by atoms with Gasteiger partial charge in [0.15, 0.2) is 0 Å². The number of hydrogen-bond acceptors (Lipinski definition) is 1. The zero-order chi connectivity index (χ0) is 10.4. The van der Waals surface area contributed by atoms with Crippen molar-refractivity contribution in [3.05, 3.63) is 29.3 Å². The summed E-state index contributed by atoms with van der Waals surface area (Å²) in [5, 5.41) is 0. The molecule has 1 aliphatic carbocycles. The zero-order valence-corrected chi connectivity index (χ0v) is 9.47. The van der Waals surface area contributed by atoms with Crippen LogP contribution >= 0.6 is 0 Å². The molecule has 14 heavy (non-hydrogen) atoms. The first kappa shape index (κ1) is 11.1. The van der Waals surface area contributed by atoms with Crippen molar-refractivity contribution >= 4 is 0 Å². The number of methoxy groups -OCH3 is 1. The van der Waals surface area contributed by atoms with Crippen molar-refractivity contribution in [1.82, 2.24) is 0 Å². The molecule has 1 heteroatoms. The fourth-order valence-corrected chi connectivity index (χ4v) is 1.84. The Bertz CT molecular complexity index is 279. The summed E-state index contributed by atoms with van der Waals surface area (Å²) in [5.41, 5.74) is 3.00. The minimum Gasteiger partial charge on any atom is -0.497 e. The summed E-state index contributed by atoms with van der Waals surface area (Å²) in [6.45, 7) is 4.00. The minimum absolute atomic E-state index is 0.996. The molecule has 0 spiro atoms. The van der Waals surface area contributed by atoms with Gasteiger partial charge in [0, 0.05) is 0 Å². The van der Waals surface area contributed by atoms with Gasteiger partial charge in [0.25, 0.3) is 0 Å². The monoisotopic (exact) mass is 192 g/mol. The van der Waals surface area contributed by atoms with E-state index in [4.69, 9.17) is 4.74 Å². The van der Waals surface area contributed by atoms with E-state index < -0.39 is 0 Å². The molecule has 78 valence electrons. The number of aryl methyl sites for hydroxylation is 2. The average molecular weight is 192 g/mol. The minimum atomic E-state index is 0.996. The first-order chi connectivity index (χ1) is 6.90. The molecular weight excluding hydrogens is 172 g/mol. The van der Waals surface area contributed by atoms with Gasteiger partial charge in [-0.05, 0) is 48.9 Å². The number of rotatable bonds is 1. The van der Waals surface area contributed by atoms with E-state index in [1.807, 2.05) is 13.8 Å². The van der Waals surface area contributed by atoms with Crippen molar-refractivity contribution in [2.45, 2.75) is 39.5 Å². The summed E-state index contributed by atoms with van der Waals surface area (Å²) >= 11 is 0. The van der Waals surface area contributed by atoms with Gasteiger partial charge < -0.3 is 4.74 Å². The molecule has 0 aliphatic heterocycles. The van der Waals surface area contributed by atoms with Gasteiger partial charge in [0.05, 0.1) is 7.11 Å². The standard InChI is InChI=1S/C11H14O.C2H6/c1-12-11-7-6-9-4-2-3-5-10(9)8-11;1-2/h6-8H,2-5H2,1H3;1-2H3. The maximum atomic E-state index is 5.18. The predicted octanol–water partition coefficient (Wildman–Crippen LogP) is 3.60. The molecule has 0 bridgehead atoms.